The van der Waals surface area contributed by atoms with Gasteiger partial charge in [0.2, 0.25) is 5.91 Å². The van der Waals surface area contributed by atoms with E-state index in [0.717, 1.165) is 11.3 Å². The zero-order valence-corrected chi connectivity index (χ0v) is 20.6. The van der Waals surface area contributed by atoms with E-state index < -0.39 is 12.1 Å². The first-order valence-corrected chi connectivity index (χ1v) is 12.3. The molecule has 0 saturated carbocycles. The van der Waals surface area contributed by atoms with Crippen molar-refractivity contribution in [2.75, 3.05) is 36.8 Å². The van der Waals surface area contributed by atoms with E-state index in [0.29, 0.717) is 59.6 Å². The highest BCUT2D eigenvalue weighted by molar-refractivity contribution is 7.07. The molecule has 1 aliphatic heterocycles. The van der Waals surface area contributed by atoms with Crippen molar-refractivity contribution in [3.63, 3.8) is 0 Å². The van der Waals surface area contributed by atoms with Crippen molar-refractivity contribution in [1.82, 2.24) is 14.8 Å². The number of piperidine rings is 1. The first-order chi connectivity index (χ1) is 16.9. The van der Waals surface area contributed by atoms with Crippen molar-refractivity contribution in [2.24, 2.45) is 0 Å². The fourth-order valence-corrected chi connectivity index (χ4v) is 4.82. The number of hydrogen-bond acceptors (Lipinski definition) is 7. The average Bonchev–Trinajstić information content (AvgIpc) is 3.15. The Morgan fingerprint density at radius 1 is 1.26 bits per heavy atom. The van der Waals surface area contributed by atoms with Crippen LogP contribution in [-0.4, -0.2) is 53.6 Å². The van der Waals surface area contributed by atoms with Crippen LogP contribution in [-0.2, 0) is 16.1 Å². The molecule has 35 heavy (non-hydrogen) atoms. The molecule has 1 aromatic heterocycles. The molecular weight excluding hydrogens is 471 g/mol. The Labute approximate surface area is 206 Å². The van der Waals surface area contributed by atoms with Crippen molar-refractivity contribution >= 4 is 46.3 Å². The van der Waals surface area contributed by atoms with Gasteiger partial charge >= 0.3 is 0 Å². The van der Waals surface area contributed by atoms with Gasteiger partial charge in [0.25, 0.3) is 11.5 Å². The predicted octanol–water partition coefficient (Wildman–Crippen LogP) is 0.963. The summed E-state index contributed by atoms with van der Waals surface area (Å²) in [5.74, 6) is -0.697. The number of carbonyl (C=O) groups is 2. The number of amides is 2. The van der Waals surface area contributed by atoms with Gasteiger partial charge in [-0.15, -0.1) is 11.3 Å². The number of nitrogens with one attached hydrogen (secondary N) is 3. The highest BCUT2D eigenvalue weighted by atomic mass is 32.1. The summed E-state index contributed by atoms with van der Waals surface area (Å²) in [4.78, 5) is 39.4. The summed E-state index contributed by atoms with van der Waals surface area (Å²) in [6, 6.07) is 8.94. The molecule has 11 heteroatoms. The molecule has 0 aliphatic carbocycles. The lowest BCUT2D eigenvalue weighted by Gasteiger charge is -2.27. The van der Waals surface area contributed by atoms with E-state index >= 15 is 0 Å². The van der Waals surface area contributed by atoms with Gasteiger partial charge in [-0.2, -0.15) is 5.26 Å². The standard InChI is InChI=1S/C24H29FN6O3S/c1-3-27-22(33)19(13-26)24-31(4-2)23(34)20(35-24)14-28-17-6-5-7-18(12-17)29-21(32)15-30-10-8-16(25)9-11-30/h5-7,12,14,16,28H,3-4,8-11,15H2,1-2H3,(H,27,33)(H,29,32)/b20-14+,24-19-. The van der Waals surface area contributed by atoms with Gasteiger partial charge in [-0.1, -0.05) is 6.07 Å². The fourth-order valence-electron chi connectivity index (χ4n) is 3.74. The molecule has 2 heterocycles. The Balaban J connectivity index is 1.77. The largest absolute Gasteiger partial charge is 0.360 e. The maximum Gasteiger partial charge on any atom is 0.270 e. The third-order valence-corrected chi connectivity index (χ3v) is 6.64. The Bertz CT molecular complexity index is 1290. The Kier molecular flexibility index (Phi) is 9.17. The second kappa shape index (κ2) is 12.3. The molecule has 2 aromatic rings. The number of rotatable bonds is 8. The molecule has 0 bridgehead atoms. The van der Waals surface area contributed by atoms with Crippen LogP contribution in [0.1, 0.15) is 26.7 Å². The summed E-state index contributed by atoms with van der Waals surface area (Å²) in [5.41, 5.74) is 0.823. The van der Waals surface area contributed by atoms with Crippen LogP contribution in [0.5, 0.6) is 0 Å². The first-order valence-electron chi connectivity index (χ1n) is 11.5. The molecule has 2 amide bonds. The number of alkyl halides is 1. The number of likely N-dealkylation sites (tertiary alicyclic amines) is 1. The van der Waals surface area contributed by atoms with Crippen molar-refractivity contribution < 1.29 is 14.0 Å². The normalized spacial score (nSPS) is 15.9. The first kappa shape index (κ1) is 26.1. The van der Waals surface area contributed by atoms with Crippen molar-refractivity contribution in [3.05, 3.63) is 43.8 Å². The van der Waals surface area contributed by atoms with E-state index in [1.165, 1.54) is 10.8 Å². The minimum atomic E-state index is -0.785. The minimum absolute atomic E-state index is 0.101. The van der Waals surface area contributed by atoms with E-state index in [4.69, 9.17) is 0 Å². The highest BCUT2D eigenvalue weighted by Crippen LogP contribution is 2.16. The Morgan fingerprint density at radius 3 is 2.63 bits per heavy atom. The van der Waals surface area contributed by atoms with Gasteiger partial charge in [0.1, 0.15) is 21.4 Å². The maximum atomic E-state index is 13.3. The predicted molar refractivity (Wildman–Crippen MR) is 135 cm³/mol. The van der Waals surface area contributed by atoms with Crippen LogP contribution in [0.4, 0.5) is 15.8 Å². The smallest absolute Gasteiger partial charge is 0.270 e. The molecule has 1 saturated heterocycles. The number of nitriles is 1. The molecule has 186 valence electrons. The topological polar surface area (TPSA) is 119 Å². The third-order valence-electron chi connectivity index (χ3n) is 5.51. The number of carbonyl (C=O) groups excluding carboxylic acids is 2. The lowest BCUT2D eigenvalue weighted by Crippen LogP contribution is -2.39. The van der Waals surface area contributed by atoms with Gasteiger partial charge in [0.05, 0.1) is 6.54 Å². The molecule has 1 fully saturated rings. The maximum absolute atomic E-state index is 13.3. The van der Waals surface area contributed by atoms with Gasteiger partial charge in [0.15, 0.2) is 5.57 Å². The SMILES string of the molecule is CCNC(=O)/C(C#N)=c1\s/c(=C/Nc2cccc(NC(=O)CN3CCC(F)CC3)c2)c(=O)n1CC. The quantitative estimate of drug-likeness (QED) is 0.497. The van der Waals surface area contributed by atoms with Gasteiger partial charge in [-0.05, 0) is 44.9 Å². The summed E-state index contributed by atoms with van der Waals surface area (Å²) in [6.45, 7) is 5.54. The number of halogens is 1. The summed E-state index contributed by atoms with van der Waals surface area (Å²) in [5, 5.41) is 18.0. The molecule has 3 rings (SSSR count). The van der Waals surface area contributed by atoms with Gasteiger partial charge in [-0.25, -0.2) is 4.39 Å². The monoisotopic (exact) mass is 500 g/mol. The molecule has 0 unspecified atom stereocenters. The van der Waals surface area contributed by atoms with E-state index in [9.17, 15) is 24.0 Å². The van der Waals surface area contributed by atoms with Crippen molar-refractivity contribution in [2.45, 2.75) is 39.4 Å². The number of aromatic nitrogens is 1. The van der Waals surface area contributed by atoms with Crippen LogP contribution in [0, 0.1) is 11.3 Å². The Hall–Kier alpha value is -3.49. The molecule has 1 aromatic carbocycles. The fraction of sp³-hybridized carbons (Fsp3) is 0.417. The van der Waals surface area contributed by atoms with Crippen LogP contribution >= 0.6 is 11.3 Å². The molecule has 0 spiro atoms. The van der Waals surface area contributed by atoms with Crippen LogP contribution in [0.25, 0.3) is 11.8 Å². The van der Waals surface area contributed by atoms with Crippen molar-refractivity contribution in [3.8, 4) is 6.07 Å². The summed E-state index contributed by atoms with van der Waals surface area (Å²) in [7, 11) is 0. The van der Waals surface area contributed by atoms with Crippen LogP contribution in [0.2, 0.25) is 0 Å². The molecule has 0 radical (unpaired) electrons. The molecule has 9 nitrogen and oxygen atoms in total. The lowest BCUT2D eigenvalue weighted by molar-refractivity contribution is -0.118. The summed E-state index contributed by atoms with van der Waals surface area (Å²) in [6.07, 6.45) is 1.64. The highest BCUT2D eigenvalue weighted by Gasteiger charge is 2.20. The number of anilines is 2. The number of thiazole rings is 1. The zero-order chi connectivity index (χ0) is 25.4. The van der Waals surface area contributed by atoms with Crippen molar-refractivity contribution in [1.29, 1.82) is 5.26 Å². The van der Waals surface area contributed by atoms with Gasteiger partial charge < -0.3 is 16.0 Å². The van der Waals surface area contributed by atoms with Crippen LogP contribution in [0.3, 0.4) is 0 Å². The van der Waals surface area contributed by atoms with E-state index in [2.05, 4.69) is 16.0 Å². The van der Waals surface area contributed by atoms with E-state index in [1.807, 2.05) is 11.0 Å². The van der Waals surface area contributed by atoms with Crippen LogP contribution < -0.4 is 30.7 Å². The van der Waals surface area contributed by atoms with E-state index in [1.54, 1.807) is 38.1 Å². The van der Waals surface area contributed by atoms with Gasteiger partial charge in [-0.3, -0.25) is 23.9 Å². The molecule has 3 N–H and O–H groups in total. The summed E-state index contributed by atoms with van der Waals surface area (Å²) < 4.78 is 15.3. The molecule has 0 atom stereocenters. The zero-order valence-electron chi connectivity index (χ0n) is 19.8. The van der Waals surface area contributed by atoms with E-state index in [-0.39, 0.29) is 23.6 Å². The minimum Gasteiger partial charge on any atom is -0.360 e. The number of nitrogens with zero attached hydrogens (tertiary/aromatic N) is 3. The summed E-state index contributed by atoms with van der Waals surface area (Å²) >= 11 is 1.06. The number of benzene rings is 1. The molecular formula is C24H29FN6O3S. The van der Waals surface area contributed by atoms with Crippen LogP contribution in [0.15, 0.2) is 29.1 Å². The second-order valence-electron chi connectivity index (χ2n) is 8.04. The average molecular weight is 501 g/mol. The molecule has 1 aliphatic rings. The lowest BCUT2D eigenvalue weighted by atomic mass is 10.1. The second-order valence-corrected chi connectivity index (χ2v) is 9.07. The van der Waals surface area contributed by atoms with Gasteiger partial charge in [0, 0.05) is 43.8 Å². The number of hydrogen-bond donors (Lipinski definition) is 3. The Morgan fingerprint density at radius 2 is 1.97 bits per heavy atom. The third kappa shape index (κ3) is 6.77.